The first-order valence-corrected chi connectivity index (χ1v) is 12.7. The number of imide groups is 1. The van der Waals surface area contributed by atoms with Gasteiger partial charge >= 0.3 is 0 Å². The Kier molecular flexibility index (Phi) is 8.39. The normalized spacial score (nSPS) is 14.4. The van der Waals surface area contributed by atoms with Crippen LogP contribution < -0.4 is 10.1 Å². The summed E-state index contributed by atoms with van der Waals surface area (Å²) in [6, 6.07) is 24.4. The third kappa shape index (κ3) is 6.83. The Morgan fingerprint density at radius 3 is 2.43 bits per heavy atom. The van der Waals surface area contributed by atoms with Crippen LogP contribution in [0.5, 0.6) is 5.75 Å². The molecular formula is C27H23BrN2O4S. The number of benzene rings is 3. The zero-order valence-electron chi connectivity index (χ0n) is 18.8. The summed E-state index contributed by atoms with van der Waals surface area (Å²) < 4.78 is 6.26. The molecule has 3 aromatic carbocycles. The molecule has 8 heteroatoms. The predicted molar refractivity (Wildman–Crippen MR) is 142 cm³/mol. The second-order valence-corrected chi connectivity index (χ2v) is 9.66. The summed E-state index contributed by atoms with van der Waals surface area (Å²) >= 11 is 4.40. The molecule has 1 N–H and O–H groups in total. The standard InChI is InChI=1S/C27H23BrN2O4S/c28-22-16-20(13-14-23(22)34-18-25(31)29-21-11-5-2-6-12-21)17-24-26(32)30(27(33)35-24)15-7-10-19-8-3-1-4-9-19/h1-6,8-9,11-14,16-17H,7,10,15,18H2,(H,29,31)/b24-17+. The van der Waals surface area contributed by atoms with Crippen molar-refractivity contribution >= 4 is 56.5 Å². The van der Waals surface area contributed by atoms with E-state index in [9.17, 15) is 14.4 Å². The third-order valence-corrected chi connectivity index (χ3v) is 6.76. The van der Waals surface area contributed by atoms with Gasteiger partial charge in [-0.05, 0) is 82.0 Å². The number of carbonyl (C=O) groups is 3. The average molecular weight is 551 g/mol. The number of nitrogens with one attached hydrogen (secondary N) is 1. The fourth-order valence-electron chi connectivity index (χ4n) is 3.52. The van der Waals surface area contributed by atoms with Crippen LogP contribution >= 0.6 is 27.7 Å². The Labute approximate surface area is 216 Å². The van der Waals surface area contributed by atoms with Crippen LogP contribution in [0.25, 0.3) is 6.08 Å². The molecule has 178 valence electrons. The quantitative estimate of drug-likeness (QED) is 0.324. The maximum Gasteiger partial charge on any atom is 0.293 e. The van der Waals surface area contributed by atoms with Gasteiger partial charge in [0.2, 0.25) is 0 Å². The molecule has 4 rings (SSSR count). The molecule has 0 saturated carbocycles. The first-order chi connectivity index (χ1) is 17.0. The van der Waals surface area contributed by atoms with Gasteiger partial charge in [0.25, 0.3) is 17.1 Å². The predicted octanol–water partition coefficient (Wildman–Crippen LogP) is 6.14. The molecular weight excluding hydrogens is 528 g/mol. The Morgan fingerprint density at radius 1 is 1.00 bits per heavy atom. The number of aryl methyl sites for hydroxylation is 1. The lowest BCUT2D eigenvalue weighted by Gasteiger charge is -2.12. The van der Waals surface area contributed by atoms with Gasteiger partial charge in [0.05, 0.1) is 9.38 Å². The van der Waals surface area contributed by atoms with Crippen LogP contribution in [-0.4, -0.2) is 35.1 Å². The van der Waals surface area contributed by atoms with E-state index in [0.717, 1.165) is 23.7 Å². The number of para-hydroxylation sites is 1. The second-order valence-electron chi connectivity index (χ2n) is 7.82. The minimum Gasteiger partial charge on any atom is -0.483 e. The zero-order chi connectivity index (χ0) is 24.6. The number of halogens is 1. The topological polar surface area (TPSA) is 75.7 Å². The summed E-state index contributed by atoms with van der Waals surface area (Å²) in [5, 5.41) is 2.51. The fraction of sp³-hybridized carbons (Fsp3) is 0.148. The van der Waals surface area contributed by atoms with Crippen molar-refractivity contribution in [3.05, 3.63) is 99.4 Å². The fourth-order valence-corrected chi connectivity index (χ4v) is 4.89. The molecule has 3 amide bonds. The number of ether oxygens (including phenoxy) is 1. The number of nitrogens with zero attached hydrogens (tertiary/aromatic N) is 1. The van der Waals surface area contributed by atoms with E-state index in [1.54, 1.807) is 36.4 Å². The maximum absolute atomic E-state index is 12.8. The van der Waals surface area contributed by atoms with Crippen LogP contribution in [-0.2, 0) is 16.0 Å². The van der Waals surface area contributed by atoms with Gasteiger partial charge in [-0.3, -0.25) is 19.3 Å². The van der Waals surface area contributed by atoms with Gasteiger partial charge in [0.15, 0.2) is 6.61 Å². The monoisotopic (exact) mass is 550 g/mol. The summed E-state index contributed by atoms with van der Waals surface area (Å²) in [5.74, 6) is -0.0467. The van der Waals surface area contributed by atoms with Crippen LogP contribution in [0.4, 0.5) is 10.5 Å². The van der Waals surface area contributed by atoms with E-state index in [4.69, 9.17) is 4.74 Å². The van der Waals surface area contributed by atoms with Crippen LogP contribution in [0.1, 0.15) is 17.5 Å². The zero-order valence-corrected chi connectivity index (χ0v) is 21.2. The van der Waals surface area contributed by atoms with Crippen molar-refractivity contribution in [3.63, 3.8) is 0 Å². The molecule has 0 unspecified atom stereocenters. The number of thioether (sulfide) groups is 1. The Morgan fingerprint density at radius 2 is 1.71 bits per heavy atom. The van der Waals surface area contributed by atoms with Crippen molar-refractivity contribution in [1.29, 1.82) is 0 Å². The number of hydrogen-bond acceptors (Lipinski definition) is 5. The smallest absolute Gasteiger partial charge is 0.293 e. The molecule has 1 saturated heterocycles. The highest BCUT2D eigenvalue weighted by molar-refractivity contribution is 9.10. The van der Waals surface area contributed by atoms with Crippen LogP contribution in [0.2, 0.25) is 0 Å². The summed E-state index contributed by atoms with van der Waals surface area (Å²) in [7, 11) is 0. The molecule has 6 nitrogen and oxygen atoms in total. The van der Waals surface area contributed by atoms with Crippen LogP contribution in [0, 0.1) is 0 Å². The van der Waals surface area contributed by atoms with Crippen LogP contribution in [0.15, 0.2) is 88.2 Å². The molecule has 0 aromatic heterocycles. The SMILES string of the molecule is O=C(COc1ccc(/C=C2/SC(=O)N(CCCc3ccccc3)C2=O)cc1Br)Nc1ccccc1. The Bertz CT molecular complexity index is 1250. The molecule has 1 aliphatic heterocycles. The molecule has 35 heavy (non-hydrogen) atoms. The molecule has 1 fully saturated rings. The molecule has 0 atom stereocenters. The summed E-state index contributed by atoms with van der Waals surface area (Å²) in [6.07, 6.45) is 3.21. The molecule has 0 spiro atoms. The lowest BCUT2D eigenvalue weighted by molar-refractivity contribution is -0.122. The highest BCUT2D eigenvalue weighted by Crippen LogP contribution is 2.34. The number of amides is 3. The van der Waals surface area contributed by atoms with Crippen molar-refractivity contribution in [2.24, 2.45) is 0 Å². The van der Waals surface area contributed by atoms with E-state index >= 15 is 0 Å². The van der Waals surface area contributed by atoms with E-state index in [2.05, 4.69) is 21.2 Å². The molecule has 0 aliphatic carbocycles. The lowest BCUT2D eigenvalue weighted by atomic mass is 10.1. The summed E-state index contributed by atoms with van der Waals surface area (Å²) in [5.41, 5.74) is 2.62. The van der Waals surface area contributed by atoms with Gasteiger partial charge in [0.1, 0.15) is 5.75 Å². The number of anilines is 1. The highest BCUT2D eigenvalue weighted by Gasteiger charge is 2.34. The Balaban J connectivity index is 1.32. The maximum atomic E-state index is 12.8. The van der Waals surface area contributed by atoms with E-state index in [1.807, 2.05) is 48.5 Å². The van der Waals surface area contributed by atoms with Gasteiger partial charge in [-0.15, -0.1) is 0 Å². The highest BCUT2D eigenvalue weighted by atomic mass is 79.9. The van der Waals surface area contributed by atoms with Gasteiger partial charge < -0.3 is 10.1 Å². The number of carbonyl (C=O) groups excluding carboxylic acids is 3. The van der Waals surface area contributed by atoms with Gasteiger partial charge in [0, 0.05) is 12.2 Å². The molecule has 0 radical (unpaired) electrons. The van der Waals surface area contributed by atoms with Crippen molar-refractivity contribution in [2.75, 3.05) is 18.5 Å². The first kappa shape index (κ1) is 24.8. The minimum atomic E-state index is -0.276. The molecule has 3 aromatic rings. The van der Waals surface area contributed by atoms with Gasteiger partial charge in [-0.1, -0.05) is 54.6 Å². The van der Waals surface area contributed by atoms with E-state index in [1.165, 1.54) is 10.5 Å². The van der Waals surface area contributed by atoms with Gasteiger partial charge in [-0.2, -0.15) is 0 Å². The van der Waals surface area contributed by atoms with Crippen molar-refractivity contribution in [2.45, 2.75) is 12.8 Å². The summed E-state index contributed by atoms with van der Waals surface area (Å²) in [4.78, 5) is 39.0. The van der Waals surface area contributed by atoms with Crippen molar-refractivity contribution < 1.29 is 19.1 Å². The number of rotatable bonds is 9. The largest absolute Gasteiger partial charge is 0.483 e. The van der Waals surface area contributed by atoms with Crippen molar-refractivity contribution in [3.8, 4) is 5.75 Å². The van der Waals surface area contributed by atoms with Crippen molar-refractivity contribution in [1.82, 2.24) is 4.90 Å². The lowest BCUT2D eigenvalue weighted by Crippen LogP contribution is -2.29. The first-order valence-electron chi connectivity index (χ1n) is 11.1. The second kappa shape index (κ2) is 11.9. The van der Waals surface area contributed by atoms with E-state index in [0.29, 0.717) is 33.8 Å². The minimum absolute atomic E-state index is 0.144. The summed E-state index contributed by atoms with van der Waals surface area (Å²) in [6.45, 7) is 0.243. The van der Waals surface area contributed by atoms with Gasteiger partial charge in [-0.25, -0.2) is 0 Å². The molecule has 1 heterocycles. The number of hydrogen-bond donors (Lipinski definition) is 1. The molecule has 1 aliphatic rings. The molecule has 0 bridgehead atoms. The third-order valence-electron chi connectivity index (χ3n) is 5.23. The van der Waals surface area contributed by atoms with Crippen LogP contribution in [0.3, 0.4) is 0 Å². The van der Waals surface area contributed by atoms with E-state index in [-0.39, 0.29) is 23.7 Å². The average Bonchev–Trinajstić information content (AvgIpc) is 3.12. The van der Waals surface area contributed by atoms with E-state index < -0.39 is 0 Å². The Hall–Kier alpha value is -3.36.